The van der Waals surface area contributed by atoms with Crippen LogP contribution in [0, 0.1) is 17.0 Å². The summed E-state index contributed by atoms with van der Waals surface area (Å²) in [7, 11) is 0. The van der Waals surface area contributed by atoms with Crippen molar-refractivity contribution in [2.75, 3.05) is 0 Å². The van der Waals surface area contributed by atoms with E-state index in [2.05, 4.69) is 10.5 Å². The number of aryl methyl sites for hydroxylation is 1. The molecule has 1 aromatic heterocycles. The molecule has 2 aromatic rings. The number of nitro groups is 1. The highest BCUT2D eigenvalue weighted by molar-refractivity contribution is 5.92. The Morgan fingerprint density at radius 3 is 2.90 bits per heavy atom. The highest BCUT2D eigenvalue weighted by atomic mass is 16.6. The van der Waals surface area contributed by atoms with E-state index in [0.29, 0.717) is 11.1 Å². The first kappa shape index (κ1) is 13.5. The first-order chi connectivity index (χ1) is 9.58. The Morgan fingerprint density at radius 2 is 2.25 bits per heavy atom. The van der Waals surface area contributed by atoms with Crippen molar-refractivity contribution in [3.8, 4) is 0 Å². The van der Waals surface area contributed by atoms with Gasteiger partial charge in [0.25, 0.3) is 5.69 Å². The molecule has 0 spiro atoms. The van der Waals surface area contributed by atoms with Gasteiger partial charge in [-0.15, -0.1) is 0 Å². The van der Waals surface area contributed by atoms with E-state index in [0.717, 1.165) is 0 Å². The van der Waals surface area contributed by atoms with Gasteiger partial charge in [0, 0.05) is 17.2 Å². The minimum atomic E-state index is -0.493. The molecule has 0 saturated heterocycles. The zero-order valence-electron chi connectivity index (χ0n) is 10.6. The summed E-state index contributed by atoms with van der Waals surface area (Å²) in [4.78, 5) is 21.8. The lowest BCUT2D eigenvalue weighted by Crippen LogP contribution is -2.16. The number of furan rings is 1. The van der Waals surface area contributed by atoms with Gasteiger partial charge in [-0.25, -0.2) is 5.43 Å². The average Bonchev–Trinajstić information content (AvgIpc) is 2.94. The van der Waals surface area contributed by atoms with Crippen molar-refractivity contribution in [1.29, 1.82) is 0 Å². The van der Waals surface area contributed by atoms with Crippen LogP contribution in [0.15, 0.2) is 46.1 Å². The highest BCUT2D eigenvalue weighted by Crippen LogP contribution is 2.18. The van der Waals surface area contributed by atoms with E-state index in [-0.39, 0.29) is 11.4 Å². The first-order valence-electron chi connectivity index (χ1n) is 5.70. The van der Waals surface area contributed by atoms with E-state index in [1.807, 2.05) is 0 Å². The third kappa shape index (κ3) is 3.08. The molecule has 0 atom stereocenters. The monoisotopic (exact) mass is 273 g/mol. The van der Waals surface area contributed by atoms with Crippen LogP contribution in [0.2, 0.25) is 0 Å². The number of benzene rings is 1. The van der Waals surface area contributed by atoms with Crippen LogP contribution in [-0.4, -0.2) is 17.0 Å². The molecule has 20 heavy (non-hydrogen) atoms. The second kappa shape index (κ2) is 5.79. The molecule has 7 heteroatoms. The molecule has 1 heterocycles. The maximum Gasteiger partial charge on any atom is 0.307 e. The fourth-order valence-corrected chi connectivity index (χ4v) is 1.53. The molecule has 1 N–H and O–H groups in total. The second-order valence-electron chi connectivity index (χ2n) is 3.98. The minimum absolute atomic E-state index is 0.00584. The number of carbonyl (C=O) groups excluding carboxylic acids is 1. The Morgan fingerprint density at radius 1 is 1.45 bits per heavy atom. The third-order valence-electron chi connectivity index (χ3n) is 2.55. The number of carbonyl (C=O) groups is 1. The van der Waals surface area contributed by atoms with Gasteiger partial charge in [0.1, 0.15) is 0 Å². The maximum absolute atomic E-state index is 11.5. The number of hydrogen-bond donors (Lipinski definition) is 1. The molecule has 1 aromatic carbocycles. The van der Waals surface area contributed by atoms with E-state index in [1.165, 1.54) is 24.6 Å². The SMILES string of the molecule is Cc1ccc(/C=N\NC(=O)c2ccco2)cc1[N+](=O)[O-]. The molecule has 2 rings (SSSR count). The van der Waals surface area contributed by atoms with Gasteiger partial charge in [0.05, 0.1) is 17.4 Å². The van der Waals surface area contributed by atoms with Crippen molar-refractivity contribution in [3.63, 3.8) is 0 Å². The van der Waals surface area contributed by atoms with Crippen LogP contribution < -0.4 is 5.43 Å². The molecule has 102 valence electrons. The predicted octanol–water partition coefficient (Wildman–Crippen LogP) is 2.26. The topological polar surface area (TPSA) is 97.7 Å². The van der Waals surface area contributed by atoms with Gasteiger partial charge in [-0.1, -0.05) is 12.1 Å². The van der Waals surface area contributed by atoms with Gasteiger partial charge in [-0.05, 0) is 19.1 Å². The molecular formula is C13H11N3O4. The summed E-state index contributed by atoms with van der Waals surface area (Å²) in [6, 6.07) is 7.76. The largest absolute Gasteiger partial charge is 0.459 e. The third-order valence-corrected chi connectivity index (χ3v) is 2.55. The Labute approximate surface area is 114 Å². The van der Waals surface area contributed by atoms with Gasteiger partial charge in [-0.2, -0.15) is 5.10 Å². The van der Waals surface area contributed by atoms with Crippen molar-refractivity contribution in [2.45, 2.75) is 6.92 Å². The van der Waals surface area contributed by atoms with E-state index in [9.17, 15) is 14.9 Å². The Bertz CT molecular complexity index is 662. The molecule has 1 amide bonds. The maximum atomic E-state index is 11.5. The lowest BCUT2D eigenvalue weighted by atomic mass is 10.1. The fourth-order valence-electron chi connectivity index (χ4n) is 1.53. The van der Waals surface area contributed by atoms with Crippen LogP contribution >= 0.6 is 0 Å². The normalized spacial score (nSPS) is 10.7. The minimum Gasteiger partial charge on any atom is -0.459 e. The van der Waals surface area contributed by atoms with E-state index in [1.54, 1.807) is 25.1 Å². The molecule has 0 radical (unpaired) electrons. The number of nitrogens with one attached hydrogen (secondary N) is 1. The summed E-state index contributed by atoms with van der Waals surface area (Å²) in [5.74, 6) is -0.357. The van der Waals surface area contributed by atoms with Gasteiger partial charge in [0.2, 0.25) is 0 Å². The summed E-state index contributed by atoms with van der Waals surface area (Å²) in [5.41, 5.74) is 3.35. The number of rotatable bonds is 4. The average molecular weight is 273 g/mol. The summed E-state index contributed by atoms with van der Waals surface area (Å²) in [6.45, 7) is 1.65. The first-order valence-corrected chi connectivity index (χ1v) is 5.70. The van der Waals surface area contributed by atoms with Gasteiger partial charge >= 0.3 is 5.91 Å². The molecule has 0 fully saturated rings. The molecule has 0 aliphatic carbocycles. The van der Waals surface area contributed by atoms with E-state index in [4.69, 9.17) is 4.42 Å². The fraction of sp³-hybridized carbons (Fsp3) is 0.0769. The Balaban J connectivity index is 2.07. The lowest BCUT2D eigenvalue weighted by molar-refractivity contribution is -0.385. The number of hydrazone groups is 1. The van der Waals surface area contributed by atoms with Crippen molar-refractivity contribution < 1.29 is 14.1 Å². The molecule has 0 bridgehead atoms. The molecular weight excluding hydrogens is 262 g/mol. The molecule has 0 unspecified atom stereocenters. The van der Waals surface area contributed by atoms with Gasteiger partial charge < -0.3 is 4.42 Å². The summed E-state index contributed by atoms with van der Waals surface area (Å²) >= 11 is 0. The van der Waals surface area contributed by atoms with Crippen molar-refractivity contribution in [1.82, 2.24) is 5.43 Å². The molecule has 0 aliphatic heterocycles. The Hall–Kier alpha value is -2.96. The van der Waals surface area contributed by atoms with Crippen molar-refractivity contribution in [3.05, 3.63) is 63.6 Å². The van der Waals surface area contributed by atoms with E-state index < -0.39 is 10.8 Å². The zero-order valence-corrected chi connectivity index (χ0v) is 10.6. The van der Waals surface area contributed by atoms with Crippen LogP contribution in [0.1, 0.15) is 21.7 Å². The van der Waals surface area contributed by atoms with Crippen molar-refractivity contribution in [2.24, 2.45) is 5.10 Å². The second-order valence-corrected chi connectivity index (χ2v) is 3.98. The number of amides is 1. The number of hydrogen-bond acceptors (Lipinski definition) is 5. The van der Waals surface area contributed by atoms with Crippen LogP contribution in [0.5, 0.6) is 0 Å². The van der Waals surface area contributed by atoms with Gasteiger partial charge in [-0.3, -0.25) is 14.9 Å². The van der Waals surface area contributed by atoms with E-state index >= 15 is 0 Å². The van der Waals surface area contributed by atoms with Crippen LogP contribution in [0.25, 0.3) is 0 Å². The molecule has 7 nitrogen and oxygen atoms in total. The van der Waals surface area contributed by atoms with Crippen LogP contribution in [0.4, 0.5) is 5.69 Å². The highest BCUT2D eigenvalue weighted by Gasteiger charge is 2.10. The number of nitrogens with zero attached hydrogens (tertiary/aromatic N) is 2. The standard InChI is InChI=1S/C13H11N3O4/c1-9-4-5-10(7-11(9)16(18)19)8-14-15-13(17)12-3-2-6-20-12/h2-8H,1H3,(H,15,17)/b14-8-. The van der Waals surface area contributed by atoms with Crippen molar-refractivity contribution >= 4 is 17.8 Å². The van der Waals surface area contributed by atoms with Crippen LogP contribution in [-0.2, 0) is 0 Å². The summed E-state index contributed by atoms with van der Waals surface area (Å²) < 4.78 is 4.89. The van der Waals surface area contributed by atoms with Crippen LogP contribution in [0.3, 0.4) is 0 Å². The predicted molar refractivity (Wildman–Crippen MR) is 71.6 cm³/mol. The smallest absolute Gasteiger partial charge is 0.307 e. The molecule has 0 aliphatic rings. The lowest BCUT2D eigenvalue weighted by Gasteiger charge is -1.98. The zero-order chi connectivity index (χ0) is 14.5. The quantitative estimate of drug-likeness (QED) is 0.524. The summed E-state index contributed by atoms with van der Waals surface area (Å²) in [6.07, 6.45) is 2.70. The summed E-state index contributed by atoms with van der Waals surface area (Å²) in [5, 5.41) is 14.5. The Kier molecular flexibility index (Phi) is 3.90. The molecule has 0 saturated carbocycles. The number of nitro benzene ring substituents is 1. The van der Waals surface area contributed by atoms with Gasteiger partial charge in [0.15, 0.2) is 5.76 Å².